The first-order valence-electron chi connectivity index (χ1n) is 5.79. The van der Waals surface area contributed by atoms with E-state index in [2.05, 4.69) is 32.4 Å². The average molecular weight is 235 g/mol. The minimum atomic E-state index is 0.146. The molecule has 0 radical (unpaired) electrons. The van der Waals surface area contributed by atoms with Crippen LogP contribution in [0.5, 0.6) is 0 Å². The van der Waals surface area contributed by atoms with Crippen LogP contribution in [0.1, 0.15) is 37.8 Å². The molecule has 0 unspecified atom stereocenters. The van der Waals surface area contributed by atoms with Gasteiger partial charge in [0.05, 0.1) is 11.7 Å². The number of aryl methyl sites for hydroxylation is 1. The molecule has 0 aromatic carbocycles. The van der Waals surface area contributed by atoms with Gasteiger partial charge in [-0.2, -0.15) is 0 Å². The number of nitrogens with one attached hydrogen (secondary N) is 2. The lowest BCUT2D eigenvalue weighted by Crippen LogP contribution is -2.20. The van der Waals surface area contributed by atoms with Crippen LogP contribution in [0, 0.1) is 6.92 Å². The topological polar surface area (TPSA) is 79.6 Å². The van der Waals surface area contributed by atoms with Crippen LogP contribution in [0.3, 0.4) is 0 Å². The Morgan fingerprint density at radius 1 is 1.47 bits per heavy atom. The normalized spacial score (nSPS) is 12.9. The number of hydrogen-bond acceptors (Lipinski definition) is 5. The highest BCUT2D eigenvalue weighted by Gasteiger charge is 2.14. The van der Waals surface area contributed by atoms with Gasteiger partial charge in [0.2, 0.25) is 5.82 Å². The SMILES string of the molecule is CCCN[C@H](C)c1nc(-c2nc(C)co2)n[nH]1. The van der Waals surface area contributed by atoms with Crippen LogP contribution in [0.2, 0.25) is 0 Å². The van der Waals surface area contributed by atoms with Crippen LogP contribution in [0.25, 0.3) is 11.7 Å². The van der Waals surface area contributed by atoms with Gasteiger partial charge < -0.3 is 9.73 Å². The Kier molecular flexibility index (Phi) is 3.53. The number of nitrogens with zero attached hydrogens (tertiary/aromatic N) is 3. The van der Waals surface area contributed by atoms with Crippen molar-refractivity contribution in [2.24, 2.45) is 0 Å². The van der Waals surface area contributed by atoms with Crippen LogP contribution in [0.4, 0.5) is 0 Å². The summed E-state index contributed by atoms with van der Waals surface area (Å²) in [4.78, 5) is 8.54. The van der Waals surface area contributed by atoms with Crippen molar-refractivity contribution in [3.05, 3.63) is 17.8 Å². The third kappa shape index (κ3) is 2.71. The van der Waals surface area contributed by atoms with E-state index in [1.807, 2.05) is 13.8 Å². The van der Waals surface area contributed by atoms with Gasteiger partial charge in [0.15, 0.2) is 0 Å². The second kappa shape index (κ2) is 5.09. The maximum absolute atomic E-state index is 5.25. The van der Waals surface area contributed by atoms with Crippen molar-refractivity contribution in [3.63, 3.8) is 0 Å². The molecule has 0 saturated carbocycles. The molecule has 2 N–H and O–H groups in total. The van der Waals surface area contributed by atoms with E-state index >= 15 is 0 Å². The monoisotopic (exact) mass is 235 g/mol. The van der Waals surface area contributed by atoms with E-state index < -0.39 is 0 Å². The third-order valence-electron chi connectivity index (χ3n) is 2.42. The Balaban J connectivity index is 2.10. The molecule has 0 bridgehead atoms. The summed E-state index contributed by atoms with van der Waals surface area (Å²) in [7, 11) is 0. The van der Waals surface area contributed by atoms with Crippen LogP contribution in [0.15, 0.2) is 10.7 Å². The highest BCUT2D eigenvalue weighted by Crippen LogP contribution is 2.15. The van der Waals surface area contributed by atoms with Gasteiger partial charge in [-0.05, 0) is 26.8 Å². The lowest BCUT2D eigenvalue weighted by atomic mass is 10.3. The predicted molar refractivity (Wildman–Crippen MR) is 63.3 cm³/mol. The summed E-state index contributed by atoms with van der Waals surface area (Å²) in [6, 6.07) is 0.146. The molecule has 92 valence electrons. The zero-order chi connectivity index (χ0) is 12.3. The zero-order valence-corrected chi connectivity index (χ0v) is 10.3. The highest BCUT2D eigenvalue weighted by molar-refractivity contribution is 5.39. The molecule has 2 aromatic heterocycles. The first-order chi connectivity index (χ1) is 8.20. The fourth-order valence-electron chi connectivity index (χ4n) is 1.48. The van der Waals surface area contributed by atoms with Gasteiger partial charge in [0.1, 0.15) is 12.1 Å². The maximum atomic E-state index is 5.25. The Morgan fingerprint density at radius 3 is 2.94 bits per heavy atom. The summed E-state index contributed by atoms with van der Waals surface area (Å²) in [6.07, 6.45) is 2.67. The summed E-state index contributed by atoms with van der Waals surface area (Å²) in [5.41, 5.74) is 0.823. The molecule has 6 heteroatoms. The first kappa shape index (κ1) is 11.8. The number of aromatic nitrogens is 4. The number of rotatable bonds is 5. The minimum Gasteiger partial charge on any atom is -0.442 e. The van der Waals surface area contributed by atoms with Crippen LogP contribution >= 0.6 is 0 Å². The number of hydrogen-bond donors (Lipinski definition) is 2. The summed E-state index contributed by atoms with van der Waals surface area (Å²) in [5.74, 6) is 1.75. The van der Waals surface area contributed by atoms with Crippen LogP contribution in [-0.4, -0.2) is 26.7 Å². The lowest BCUT2D eigenvalue weighted by molar-refractivity contribution is 0.545. The summed E-state index contributed by atoms with van der Waals surface area (Å²) in [5, 5.41) is 10.3. The molecule has 0 aliphatic rings. The van der Waals surface area contributed by atoms with E-state index in [0.717, 1.165) is 24.5 Å². The standard InChI is InChI=1S/C11H17N5O/c1-4-5-12-8(3)9-14-10(16-15-9)11-13-7(2)6-17-11/h6,8,12H,4-5H2,1-3H3,(H,14,15,16)/t8-/m1/s1. The van der Waals surface area contributed by atoms with Gasteiger partial charge in [-0.25, -0.2) is 9.97 Å². The fourth-order valence-corrected chi connectivity index (χ4v) is 1.48. The average Bonchev–Trinajstić information content (AvgIpc) is 2.93. The Labute approximate surface area is 99.9 Å². The first-order valence-corrected chi connectivity index (χ1v) is 5.79. The van der Waals surface area contributed by atoms with Gasteiger partial charge >= 0.3 is 0 Å². The minimum absolute atomic E-state index is 0.146. The van der Waals surface area contributed by atoms with Gasteiger partial charge in [0, 0.05) is 0 Å². The fraction of sp³-hybridized carbons (Fsp3) is 0.545. The van der Waals surface area contributed by atoms with E-state index in [1.54, 1.807) is 6.26 Å². The summed E-state index contributed by atoms with van der Waals surface area (Å²) in [6.45, 7) is 6.99. The largest absolute Gasteiger partial charge is 0.442 e. The molecule has 0 aliphatic carbocycles. The van der Waals surface area contributed by atoms with Crippen molar-refractivity contribution in [2.45, 2.75) is 33.2 Å². The van der Waals surface area contributed by atoms with Crippen molar-refractivity contribution in [3.8, 4) is 11.7 Å². The second-order valence-corrected chi connectivity index (χ2v) is 4.01. The Morgan fingerprint density at radius 2 is 2.29 bits per heavy atom. The smallest absolute Gasteiger partial charge is 0.266 e. The molecule has 0 fully saturated rings. The molecule has 0 aliphatic heterocycles. The zero-order valence-electron chi connectivity index (χ0n) is 10.3. The number of aromatic amines is 1. The molecule has 2 rings (SSSR count). The molecule has 17 heavy (non-hydrogen) atoms. The molecule has 6 nitrogen and oxygen atoms in total. The summed E-state index contributed by atoms with van der Waals surface area (Å²) >= 11 is 0. The molecular weight excluding hydrogens is 218 g/mol. The summed E-state index contributed by atoms with van der Waals surface area (Å²) < 4.78 is 5.25. The molecule has 2 heterocycles. The van der Waals surface area contributed by atoms with E-state index in [1.165, 1.54) is 0 Å². The van der Waals surface area contributed by atoms with Gasteiger partial charge in [-0.1, -0.05) is 6.92 Å². The van der Waals surface area contributed by atoms with E-state index in [0.29, 0.717) is 11.7 Å². The molecule has 0 spiro atoms. The van der Waals surface area contributed by atoms with Crippen molar-refractivity contribution >= 4 is 0 Å². The maximum Gasteiger partial charge on any atom is 0.266 e. The molecule has 1 atom stereocenters. The van der Waals surface area contributed by atoms with Crippen molar-refractivity contribution in [1.29, 1.82) is 0 Å². The molecule has 2 aromatic rings. The van der Waals surface area contributed by atoms with Gasteiger partial charge in [0.25, 0.3) is 5.89 Å². The van der Waals surface area contributed by atoms with E-state index in [-0.39, 0.29) is 6.04 Å². The molecular formula is C11H17N5O. The van der Waals surface area contributed by atoms with Gasteiger partial charge in [-0.15, -0.1) is 5.10 Å². The molecule has 0 amide bonds. The lowest BCUT2D eigenvalue weighted by Gasteiger charge is -2.08. The van der Waals surface area contributed by atoms with Crippen LogP contribution < -0.4 is 5.32 Å². The Hall–Kier alpha value is -1.69. The highest BCUT2D eigenvalue weighted by atomic mass is 16.3. The third-order valence-corrected chi connectivity index (χ3v) is 2.42. The quantitative estimate of drug-likeness (QED) is 0.826. The van der Waals surface area contributed by atoms with Crippen molar-refractivity contribution < 1.29 is 4.42 Å². The van der Waals surface area contributed by atoms with Crippen molar-refractivity contribution in [1.82, 2.24) is 25.5 Å². The van der Waals surface area contributed by atoms with E-state index in [4.69, 9.17) is 4.42 Å². The second-order valence-electron chi connectivity index (χ2n) is 4.01. The number of H-pyrrole nitrogens is 1. The Bertz CT molecular complexity index is 476. The number of oxazole rings is 1. The van der Waals surface area contributed by atoms with Crippen LogP contribution in [-0.2, 0) is 0 Å². The predicted octanol–water partition coefficient (Wildman–Crippen LogP) is 1.83. The van der Waals surface area contributed by atoms with E-state index in [9.17, 15) is 0 Å². The van der Waals surface area contributed by atoms with Crippen molar-refractivity contribution in [2.75, 3.05) is 6.54 Å². The molecule has 0 saturated heterocycles. The van der Waals surface area contributed by atoms with Gasteiger partial charge in [-0.3, -0.25) is 5.10 Å².